The highest BCUT2D eigenvalue weighted by Gasteiger charge is 2.18. The van der Waals surface area contributed by atoms with Gasteiger partial charge in [0, 0.05) is 38.4 Å². The van der Waals surface area contributed by atoms with Crippen molar-refractivity contribution in [3.05, 3.63) is 52.8 Å². The van der Waals surface area contributed by atoms with E-state index in [2.05, 4.69) is 12.0 Å². The number of carbonyl (C=O) groups is 1. The van der Waals surface area contributed by atoms with Crippen LogP contribution in [-0.4, -0.2) is 38.8 Å². The molecule has 1 aromatic heterocycles. The number of aryl methyl sites for hydroxylation is 2. The first kappa shape index (κ1) is 19.2. The number of rotatable bonds is 8. The van der Waals surface area contributed by atoms with Crippen LogP contribution in [0.1, 0.15) is 35.9 Å². The lowest BCUT2D eigenvalue weighted by atomic mass is 10.1. The van der Waals surface area contributed by atoms with Crippen LogP contribution in [0.2, 0.25) is 0 Å². The van der Waals surface area contributed by atoms with Crippen molar-refractivity contribution in [3.8, 4) is 0 Å². The summed E-state index contributed by atoms with van der Waals surface area (Å²) in [5.41, 5.74) is 4.41. The van der Waals surface area contributed by atoms with E-state index in [1.807, 2.05) is 60.7 Å². The zero-order valence-electron chi connectivity index (χ0n) is 15.7. The van der Waals surface area contributed by atoms with E-state index >= 15 is 0 Å². The summed E-state index contributed by atoms with van der Waals surface area (Å²) < 4.78 is 1.92. The lowest BCUT2D eigenvalue weighted by molar-refractivity contribution is -0.132. The lowest BCUT2D eigenvalue weighted by Gasteiger charge is -2.25. The van der Waals surface area contributed by atoms with Gasteiger partial charge in [0.25, 0.3) is 0 Å². The smallest absolute Gasteiger partial charge is 0.224 e. The minimum absolute atomic E-state index is 0.0589. The van der Waals surface area contributed by atoms with Crippen molar-refractivity contribution < 1.29 is 9.90 Å². The third kappa shape index (κ3) is 5.16. The molecule has 1 N–H and O–H groups in total. The molecule has 0 fully saturated rings. The maximum Gasteiger partial charge on any atom is 0.224 e. The predicted octanol–water partition coefficient (Wildman–Crippen LogP) is 2.86. The van der Waals surface area contributed by atoms with Gasteiger partial charge in [-0.05, 0) is 37.8 Å². The molecule has 2 rings (SSSR count). The van der Waals surface area contributed by atoms with E-state index in [1.165, 1.54) is 5.56 Å². The van der Waals surface area contributed by atoms with Crippen LogP contribution in [-0.2, 0) is 17.9 Å². The monoisotopic (exact) mass is 343 g/mol. The Morgan fingerprint density at radius 2 is 1.92 bits per heavy atom. The molecule has 1 atom stereocenters. The van der Waals surface area contributed by atoms with Crippen molar-refractivity contribution >= 4 is 5.91 Å². The Kier molecular flexibility index (Phi) is 6.76. The van der Waals surface area contributed by atoms with Gasteiger partial charge in [-0.15, -0.1) is 0 Å². The SMILES string of the molecule is Cc1nn(CCC(=O)N(Cc2ccccc2)CC(C)CO)c(C)c1C. The molecular weight excluding hydrogens is 314 g/mol. The largest absolute Gasteiger partial charge is 0.396 e. The molecule has 0 bridgehead atoms. The summed E-state index contributed by atoms with van der Waals surface area (Å²) >= 11 is 0. The molecule has 0 saturated heterocycles. The number of benzene rings is 1. The van der Waals surface area contributed by atoms with Crippen LogP contribution in [0.5, 0.6) is 0 Å². The topological polar surface area (TPSA) is 58.4 Å². The van der Waals surface area contributed by atoms with Crippen molar-refractivity contribution in [2.45, 2.75) is 47.2 Å². The van der Waals surface area contributed by atoms with Crippen LogP contribution in [0, 0.1) is 26.7 Å². The average molecular weight is 343 g/mol. The maximum atomic E-state index is 12.8. The molecule has 5 nitrogen and oxygen atoms in total. The average Bonchev–Trinajstić information content (AvgIpc) is 2.86. The Morgan fingerprint density at radius 1 is 1.24 bits per heavy atom. The van der Waals surface area contributed by atoms with Crippen LogP contribution >= 0.6 is 0 Å². The molecule has 0 aliphatic carbocycles. The summed E-state index contributed by atoms with van der Waals surface area (Å²) in [6, 6.07) is 9.97. The minimum Gasteiger partial charge on any atom is -0.396 e. The van der Waals surface area contributed by atoms with Crippen LogP contribution in [0.3, 0.4) is 0 Å². The van der Waals surface area contributed by atoms with Crippen molar-refractivity contribution in [2.24, 2.45) is 5.92 Å². The summed E-state index contributed by atoms with van der Waals surface area (Å²) in [6.45, 7) is 9.82. The first-order valence-corrected chi connectivity index (χ1v) is 8.85. The molecule has 2 aromatic rings. The molecule has 1 heterocycles. The second-order valence-corrected chi connectivity index (χ2v) is 6.82. The number of aromatic nitrogens is 2. The van der Waals surface area contributed by atoms with Gasteiger partial charge in [-0.25, -0.2) is 0 Å². The highest BCUT2D eigenvalue weighted by molar-refractivity contribution is 5.76. The second kappa shape index (κ2) is 8.81. The van der Waals surface area contributed by atoms with Crippen LogP contribution in [0.25, 0.3) is 0 Å². The number of aliphatic hydroxyl groups is 1. The van der Waals surface area contributed by atoms with Crippen molar-refractivity contribution in [3.63, 3.8) is 0 Å². The summed E-state index contributed by atoms with van der Waals surface area (Å²) in [7, 11) is 0. The molecule has 0 aliphatic rings. The number of carbonyl (C=O) groups excluding carboxylic acids is 1. The maximum absolute atomic E-state index is 12.8. The Morgan fingerprint density at radius 3 is 2.48 bits per heavy atom. The Balaban J connectivity index is 2.04. The van der Waals surface area contributed by atoms with Gasteiger partial charge < -0.3 is 10.0 Å². The molecule has 25 heavy (non-hydrogen) atoms. The van der Waals surface area contributed by atoms with Gasteiger partial charge in [0.2, 0.25) is 5.91 Å². The zero-order valence-corrected chi connectivity index (χ0v) is 15.7. The molecule has 0 spiro atoms. The first-order valence-electron chi connectivity index (χ1n) is 8.85. The van der Waals surface area contributed by atoms with Crippen LogP contribution in [0.4, 0.5) is 0 Å². The third-order valence-corrected chi connectivity index (χ3v) is 4.69. The fourth-order valence-electron chi connectivity index (χ4n) is 2.86. The highest BCUT2D eigenvalue weighted by Crippen LogP contribution is 2.13. The number of hydrogen-bond donors (Lipinski definition) is 1. The van der Waals surface area contributed by atoms with Crippen LogP contribution < -0.4 is 0 Å². The van der Waals surface area contributed by atoms with E-state index in [4.69, 9.17) is 0 Å². The normalized spacial score (nSPS) is 12.2. The van der Waals surface area contributed by atoms with Crippen molar-refractivity contribution in [1.29, 1.82) is 0 Å². The number of amides is 1. The van der Waals surface area contributed by atoms with Gasteiger partial charge in [0.05, 0.1) is 5.69 Å². The molecular formula is C20H29N3O2. The summed E-state index contributed by atoms with van der Waals surface area (Å²) in [5.74, 6) is 0.151. The highest BCUT2D eigenvalue weighted by atomic mass is 16.3. The second-order valence-electron chi connectivity index (χ2n) is 6.82. The summed E-state index contributed by atoms with van der Waals surface area (Å²) in [6.07, 6.45) is 0.409. The molecule has 1 unspecified atom stereocenters. The van der Waals surface area contributed by atoms with Crippen LogP contribution in [0.15, 0.2) is 30.3 Å². The first-order chi connectivity index (χ1) is 11.9. The fraction of sp³-hybridized carbons (Fsp3) is 0.500. The molecule has 0 radical (unpaired) electrons. The van der Waals surface area contributed by atoms with Gasteiger partial charge in [-0.2, -0.15) is 5.10 Å². The van der Waals surface area contributed by atoms with Gasteiger partial charge in [-0.1, -0.05) is 37.3 Å². The van der Waals surface area contributed by atoms with E-state index in [0.717, 1.165) is 17.0 Å². The molecule has 0 saturated carbocycles. The molecule has 1 aromatic carbocycles. The zero-order chi connectivity index (χ0) is 18.4. The Hall–Kier alpha value is -2.14. The molecule has 136 valence electrons. The quantitative estimate of drug-likeness (QED) is 0.802. The van der Waals surface area contributed by atoms with E-state index in [1.54, 1.807) is 0 Å². The van der Waals surface area contributed by atoms with E-state index in [9.17, 15) is 9.90 Å². The Bertz CT molecular complexity index is 694. The van der Waals surface area contributed by atoms with E-state index in [0.29, 0.717) is 26.1 Å². The van der Waals surface area contributed by atoms with Crippen molar-refractivity contribution in [2.75, 3.05) is 13.2 Å². The van der Waals surface area contributed by atoms with E-state index < -0.39 is 0 Å². The minimum atomic E-state index is 0.0589. The summed E-state index contributed by atoms with van der Waals surface area (Å²) in [4.78, 5) is 14.6. The lowest BCUT2D eigenvalue weighted by Crippen LogP contribution is -2.35. The van der Waals surface area contributed by atoms with Gasteiger partial charge >= 0.3 is 0 Å². The molecule has 0 aliphatic heterocycles. The van der Waals surface area contributed by atoms with Gasteiger partial charge in [0.15, 0.2) is 0 Å². The number of hydrogen-bond acceptors (Lipinski definition) is 3. The predicted molar refractivity (Wildman–Crippen MR) is 99.2 cm³/mol. The molecule has 1 amide bonds. The number of nitrogens with zero attached hydrogens (tertiary/aromatic N) is 3. The van der Waals surface area contributed by atoms with Crippen molar-refractivity contribution in [1.82, 2.24) is 14.7 Å². The summed E-state index contributed by atoms with van der Waals surface area (Å²) in [5, 5.41) is 13.9. The molecule has 5 heteroatoms. The standard InChI is InChI=1S/C20H29N3O2/c1-15(14-24)12-22(13-19-8-6-5-7-9-19)20(25)10-11-23-18(4)16(2)17(3)21-23/h5-9,15,24H,10-14H2,1-4H3. The van der Waals surface area contributed by atoms with Gasteiger partial charge in [-0.3, -0.25) is 9.48 Å². The third-order valence-electron chi connectivity index (χ3n) is 4.69. The van der Waals surface area contributed by atoms with E-state index in [-0.39, 0.29) is 18.4 Å². The Labute approximate surface area is 150 Å². The number of aliphatic hydroxyl groups excluding tert-OH is 1. The fourth-order valence-corrected chi connectivity index (χ4v) is 2.86. The van der Waals surface area contributed by atoms with Gasteiger partial charge in [0.1, 0.15) is 0 Å².